The molecule has 0 saturated heterocycles. The van der Waals surface area contributed by atoms with Crippen LogP contribution in [0.1, 0.15) is 0 Å². The minimum atomic E-state index is 0.679. The maximum atomic E-state index is 6.23. The molecule has 10 aromatic rings. The van der Waals surface area contributed by atoms with Crippen molar-refractivity contribution >= 4 is 75.4 Å². The minimum absolute atomic E-state index is 0.679. The van der Waals surface area contributed by atoms with Crippen LogP contribution < -0.4 is 0 Å². The first-order chi connectivity index (χ1) is 22.3. The van der Waals surface area contributed by atoms with E-state index in [4.69, 9.17) is 14.4 Å². The summed E-state index contributed by atoms with van der Waals surface area (Å²) in [6.45, 7) is 0. The highest BCUT2D eigenvalue weighted by atomic mass is 32.1. The van der Waals surface area contributed by atoms with E-state index in [1.54, 1.807) is 6.20 Å². The monoisotopic (exact) mass is 593 g/mol. The summed E-state index contributed by atoms with van der Waals surface area (Å²) >= 11 is 1.84. The highest BCUT2D eigenvalue weighted by molar-refractivity contribution is 7.26. The van der Waals surface area contributed by atoms with Gasteiger partial charge in [-0.1, -0.05) is 91.0 Å². The Morgan fingerprint density at radius 2 is 1.27 bits per heavy atom. The fourth-order valence-corrected chi connectivity index (χ4v) is 8.07. The molecule has 0 fully saturated rings. The molecule has 10 rings (SSSR count). The van der Waals surface area contributed by atoms with Crippen LogP contribution in [0.5, 0.6) is 0 Å². The van der Waals surface area contributed by atoms with Crippen LogP contribution in [-0.2, 0) is 0 Å². The topological polar surface area (TPSA) is 43.9 Å². The molecule has 0 aliphatic carbocycles. The van der Waals surface area contributed by atoms with E-state index in [1.165, 1.54) is 47.5 Å². The SMILES string of the molecule is c1cc(-c2ncc3oc4ccc(-n5c6ccccc6c6ccccc65)cc4c3n2)cc(-c2cccc3c2sc2ccccc23)c1. The molecular weight excluding hydrogens is 571 g/mol. The Bertz CT molecular complexity index is 2730. The number of para-hydroxylation sites is 2. The van der Waals surface area contributed by atoms with E-state index in [2.05, 4.69) is 132 Å². The first kappa shape index (κ1) is 24.6. The van der Waals surface area contributed by atoms with Gasteiger partial charge in [0.1, 0.15) is 11.1 Å². The smallest absolute Gasteiger partial charge is 0.172 e. The molecule has 0 aliphatic rings. The molecular formula is C40H23N3OS. The second-order valence-electron chi connectivity index (χ2n) is 11.4. The number of aromatic nitrogens is 3. The molecule has 0 radical (unpaired) electrons. The number of nitrogens with zero attached hydrogens (tertiary/aromatic N) is 3. The van der Waals surface area contributed by atoms with Crippen LogP contribution in [0.4, 0.5) is 0 Å². The van der Waals surface area contributed by atoms with Crippen LogP contribution >= 0.6 is 11.3 Å². The van der Waals surface area contributed by atoms with Crippen molar-refractivity contribution in [2.75, 3.05) is 0 Å². The zero-order chi connectivity index (χ0) is 29.5. The summed E-state index contributed by atoms with van der Waals surface area (Å²) in [5.41, 5.74) is 9.06. The summed E-state index contributed by atoms with van der Waals surface area (Å²) in [4.78, 5) is 9.85. The zero-order valence-electron chi connectivity index (χ0n) is 23.9. The molecule has 4 heterocycles. The van der Waals surface area contributed by atoms with Gasteiger partial charge >= 0.3 is 0 Å². The second kappa shape index (κ2) is 9.36. The van der Waals surface area contributed by atoms with Crippen molar-refractivity contribution < 1.29 is 4.42 Å². The lowest BCUT2D eigenvalue weighted by atomic mass is 10.0. The molecule has 0 atom stereocenters. The summed E-state index contributed by atoms with van der Waals surface area (Å²) in [7, 11) is 0. The largest absolute Gasteiger partial charge is 0.453 e. The Hall–Kier alpha value is -5.78. The number of thiophene rings is 1. The predicted octanol–water partition coefficient (Wildman–Crippen LogP) is 11.2. The minimum Gasteiger partial charge on any atom is -0.453 e. The molecule has 0 N–H and O–H groups in total. The van der Waals surface area contributed by atoms with Crippen molar-refractivity contribution in [1.29, 1.82) is 0 Å². The third kappa shape index (κ3) is 3.65. The first-order valence-electron chi connectivity index (χ1n) is 15.0. The fraction of sp³-hybridized carbons (Fsp3) is 0. The standard InChI is InChI=1S/C40H23N3OS/c1-4-16-33-28(11-1)29-12-2-5-17-34(29)43(33)26-19-20-35-32(22-26)38-36(44-35)23-41-40(42-38)25-10-7-9-24(21-25)27-14-8-15-31-30-13-3-6-18-37(30)45-39(27)31/h1-23H. The summed E-state index contributed by atoms with van der Waals surface area (Å²) in [5, 5.41) is 6.04. The van der Waals surface area contributed by atoms with Gasteiger partial charge in [-0.2, -0.15) is 0 Å². The molecule has 0 aliphatic heterocycles. The van der Waals surface area contributed by atoms with E-state index in [9.17, 15) is 0 Å². The van der Waals surface area contributed by atoms with Crippen LogP contribution in [-0.4, -0.2) is 14.5 Å². The Morgan fingerprint density at radius 1 is 0.556 bits per heavy atom. The van der Waals surface area contributed by atoms with Gasteiger partial charge in [0.2, 0.25) is 0 Å². The van der Waals surface area contributed by atoms with E-state index < -0.39 is 0 Å². The van der Waals surface area contributed by atoms with Gasteiger partial charge < -0.3 is 8.98 Å². The Balaban J connectivity index is 1.13. The van der Waals surface area contributed by atoms with Gasteiger partial charge in [0.25, 0.3) is 0 Å². The molecule has 210 valence electrons. The van der Waals surface area contributed by atoms with Crippen molar-refractivity contribution in [3.63, 3.8) is 0 Å². The van der Waals surface area contributed by atoms with Gasteiger partial charge in [0.15, 0.2) is 11.4 Å². The number of hydrogen-bond donors (Lipinski definition) is 0. The molecule has 0 amide bonds. The van der Waals surface area contributed by atoms with Gasteiger partial charge in [-0.25, -0.2) is 9.97 Å². The van der Waals surface area contributed by atoms with Crippen molar-refractivity contribution in [2.24, 2.45) is 0 Å². The average Bonchev–Trinajstić information content (AvgIpc) is 3.77. The predicted molar refractivity (Wildman–Crippen MR) is 187 cm³/mol. The van der Waals surface area contributed by atoms with Crippen LogP contribution in [0.15, 0.2) is 144 Å². The molecule has 5 heteroatoms. The molecule has 0 bridgehead atoms. The number of benzene rings is 6. The summed E-state index contributed by atoms with van der Waals surface area (Å²) in [5.74, 6) is 0.679. The lowest BCUT2D eigenvalue weighted by molar-refractivity contribution is 0.666. The van der Waals surface area contributed by atoms with Crippen LogP contribution in [0.25, 0.3) is 92.2 Å². The molecule has 0 saturated carbocycles. The average molecular weight is 594 g/mol. The number of fused-ring (bicyclic) bond motifs is 9. The Morgan fingerprint density at radius 3 is 2.11 bits per heavy atom. The number of rotatable bonds is 3. The molecule has 4 nitrogen and oxygen atoms in total. The zero-order valence-corrected chi connectivity index (χ0v) is 24.8. The number of hydrogen-bond acceptors (Lipinski definition) is 4. The lowest BCUT2D eigenvalue weighted by Gasteiger charge is -2.08. The normalized spacial score (nSPS) is 12.0. The highest BCUT2D eigenvalue weighted by Gasteiger charge is 2.17. The van der Waals surface area contributed by atoms with Gasteiger partial charge in [0.05, 0.1) is 17.2 Å². The van der Waals surface area contributed by atoms with Gasteiger partial charge in [-0.15, -0.1) is 11.3 Å². The van der Waals surface area contributed by atoms with Crippen molar-refractivity contribution in [1.82, 2.24) is 14.5 Å². The van der Waals surface area contributed by atoms with Crippen molar-refractivity contribution in [2.45, 2.75) is 0 Å². The summed E-state index contributed by atoms with van der Waals surface area (Å²) < 4.78 is 11.1. The fourth-order valence-electron chi connectivity index (χ4n) is 6.83. The van der Waals surface area contributed by atoms with Crippen molar-refractivity contribution in [3.05, 3.63) is 140 Å². The van der Waals surface area contributed by atoms with Crippen LogP contribution in [0.3, 0.4) is 0 Å². The molecule has 6 aromatic carbocycles. The molecule has 0 spiro atoms. The Labute approximate surface area is 261 Å². The van der Waals surface area contributed by atoms with Crippen molar-refractivity contribution in [3.8, 4) is 28.2 Å². The highest BCUT2D eigenvalue weighted by Crippen LogP contribution is 2.41. The summed E-state index contributed by atoms with van der Waals surface area (Å²) in [6.07, 6.45) is 1.80. The summed E-state index contributed by atoms with van der Waals surface area (Å²) in [6, 6.07) is 47.2. The van der Waals surface area contributed by atoms with Gasteiger partial charge in [0, 0.05) is 47.6 Å². The number of furan rings is 1. The van der Waals surface area contributed by atoms with Gasteiger partial charge in [-0.3, -0.25) is 0 Å². The maximum absolute atomic E-state index is 6.23. The molecule has 0 unspecified atom stereocenters. The van der Waals surface area contributed by atoms with E-state index in [0.717, 1.165) is 33.3 Å². The third-order valence-corrected chi connectivity index (χ3v) is 10.1. The lowest BCUT2D eigenvalue weighted by Crippen LogP contribution is -1.93. The maximum Gasteiger partial charge on any atom is 0.172 e. The van der Waals surface area contributed by atoms with E-state index in [0.29, 0.717) is 11.4 Å². The van der Waals surface area contributed by atoms with Crippen LogP contribution in [0.2, 0.25) is 0 Å². The molecule has 45 heavy (non-hydrogen) atoms. The molecule has 4 aromatic heterocycles. The quantitative estimate of drug-likeness (QED) is 0.205. The van der Waals surface area contributed by atoms with E-state index in [1.807, 2.05) is 17.4 Å². The van der Waals surface area contributed by atoms with E-state index >= 15 is 0 Å². The first-order valence-corrected chi connectivity index (χ1v) is 15.8. The van der Waals surface area contributed by atoms with Gasteiger partial charge in [-0.05, 0) is 53.6 Å². The Kier molecular flexibility index (Phi) is 5.12. The second-order valence-corrected chi connectivity index (χ2v) is 12.5. The third-order valence-electron chi connectivity index (χ3n) is 8.87. The van der Waals surface area contributed by atoms with E-state index in [-0.39, 0.29) is 0 Å². The van der Waals surface area contributed by atoms with Crippen LogP contribution in [0, 0.1) is 0 Å².